The summed E-state index contributed by atoms with van der Waals surface area (Å²) in [5.41, 5.74) is 0.943. The number of halogens is 3. The van der Waals surface area contributed by atoms with Crippen LogP contribution in [0.5, 0.6) is 0 Å². The molecule has 0 radical (unpaired) electrons. The van der Waals surface area contributed by atoms with Crippen LogP contribution in [0.1, 0.15) is 114 Å². The van der Waals surface area contributed by atoms with Crippen molar-refractivity contribution in [3.05, 3.63) is 41.2 Å². The predicted octanol–water partition coefficient (Wildman–Crippen LogP) is 9.26. The monoisotopic (exact) mass is 394 g/mol. The third-order valence-electron chi connectivity index (χ3n) is 6.32. The molecule has 1 aromatic carbocycles. The largest absolute Gasteiger partial charge is 0.271 e. The van der Waals surface area contributed by atoms with Crippen molar-refractivity contribution >= 4 is 6.08 Å². The van der Waals surface area contributed by atoms with Gasteiger partial charge in [0.05, 0.1) is 0 Å². The molecule has 0 saturated heterocycles. The molecular weight excluding hydrogens is 357 g/mol. The molecule has 0 bridgehead atoms. The Morgan fingerprint density at radius 2 is 1.50 bits per heavy atom. The molecule has 0 amide bonds. The summed E-state index contributed by atoms with van der Waals surface area (Å²) in [6.45, 7) is 2.26. The van der Waals surface area contributed by atoms with Gasteiger partial charge in [0.25, 0.3) is 6.08 Å². The van der Waals surface area contributed by atoms with Gasteiger partial charge in [0, 0.05) is 11.6 Å². The highest BCUT2D eigenvalue weighted by atomic mass is 19.3. The van der Waals surface area contributed by atoms with Crippen molar-refractivity contribution < 1.29 is 13.2 Å². The van der Waals surface area contributed by atoms with Crippen LogP contribution in [0, 0.1) is 11.7 Å². The zero-order valence-corrected chi connectivity index (χ0v) is 17.5. The average Bonchev–Trinajstić information content (AvgIpc) is 2.68. The summed E-state index contributed by atoms with van der Waals surface area (Å²) < 4.78 is 38.7. The number of unbranched alkanes of at least 4 members (excludes halogenated alkanes) is 8. The van der Waals surface area contributed by atoms with Crippen LogP contribution in [0.15, 0.2) is 24.3 Å². The average molecular weight is 395 g/mol. The van der Waals surface area contributed by atoms with Gasteiger partial charge in [-0.3, -0.25) is 0 Å². The van der Waals surface area contributed by atoms with E-state index in [1.165, 1.54) is 89.2 Å². The van der Waals surface area contributed by atoms with E-state index in [-0.39, 0.29) is 5.56 Å². The molecule has 0 nitrogen and oxygen atoms in total. The Hall–Kier alpha value is -1.25. The highest BCUT2D eigenvalue weighted by molar-refractivity contribution is 5.51. The normalized spacial score (nSPS) is 19.6. The Kier molecular flexibility index (Phi) is 10.7. The molecular formula is C25H37F3. The van der Waals surface area contributed by atoms with E-state index in [2.05, 4.69) is 6.92 Å². The fourth-order valence-electron chi connectivity index (χ4n) is 4.56. The summed E-state index contributed by atoms with van der Waals surface area (Å²) in [7, 11) is 0. The fourth-order valence-corrected chi connectivity index (χ4v) is 4.56. The smallest absolute Gasteiger partial charge is 0.206 e. The topological polar surface area (TPSA) is 0 Å². The van der Waals surface area contributed by atoms with E-state index in [1.807, 2.05) is 6.07 Å². The first-order chi connectivity index (χ1) is 13.6. The fraction of sp³-hybridized carbons (Fsp3) is 0.680. The van der Waals surface area contributed by atoms with Crippen molar-refractivity contribution in [2.45, 2.75) is 103 Å². The molecule has 1 fully saturated rings. The molecule has 1 aliphatic rings. The standard InChI is InChI=1S/C25H37F3/c1-2-3-4-5-6-7-8-9-10-11-20-12-14-21(15-13-20)22-16-17-23(19-25(27)28)24(26)18-22/h16-21H,2-15H2,1H3/t20-,21-. The van der Waals surface area contributed by atoms with Crippen molar-refractivity contribution in [3.8, 4) is 0 Å². The lowest BCUT2D eigenvalue weighted by molar-refractivity contribution is 0.301. The van der Waals surface area contributed by atoms with Crippen LogP contribution in [0.2, 0.25) is 0 Å². The van der Waals surface area contributed by atoms with E-state index in [9.17, 15) is 13.2 Å². The molecule has 0 atom stereocenters. The molecule has 0 aromatic heterocycles. The van der Waals surface area contributed by atoms with Crippen LogP contribution in [0.4, 0.5) is 13.2 Å². The molecule has 1 saturated carbocycles. The van der Waals surface area contributed by atoms with Gasteiger partial charge in [-0.1, -0.05) is 83.3 Å². The minimum absolute atomic E-state index is 0.0252. The summed E-state index contributed by atoms with van der Waals surface area (Å²) in [6.07, 6.45) is 17.0. The Labute approximate surface area is 169 Å². The Morgan fingerprint density at radius 3 is 2.07 bits per heavy atom. The number of hydrogen-bond acceptors (Lipinski definition) is 0. The van der Waals surface area contributed by atoms with Crippen LogP contribution >= 0.6 is 0 Å². The van der Waals surface area contributed by atoms with E-state index in [0.717, 1.165) is 24.3 Å². The van der Waals surface area contributed by atoms with Crippen molar-refractivity contribution in [2.24, 2.45) is 5.92 Å². The predicted molar refractivity (Wildman–Crippen MR) is 113 cm³/mol. The molecule has 0 unspecified atom stereocenters. The van der Waals surface area contributed by atoms with E-state index in [0.29, 0.717) is 12.0 Å². The highest BCUT2D eigenvalue weighted by Gasteiger charge is 2.22. The second kappa shape index (κ2) is 13.1. The number of hydrogen-bond donors (Lipinski definition) is 0. The van der Waals surface area contributed by atoms with Gasteiger partial charge in [0.2, 0.25) is 0 Å². The van der Waals surface area contributed by atoms with E-state index in [1.54, 1.807) is 0 Å². The third kappa shape index (κ3) is 8.41. The number of rotatable bonds is 12. The van der Waals surface area contributed by atoms with Gasteiger partial charge >= 0.3 is 0 Å². The minimum Gasteiger partial charge on any atom is -0.206 e. The molecule has 0 heterocycles. The molecule has 28 heavy (non-hydrogen) atoms. The molecule has 0 aliphatic heterocycles. The second-order valence-corrected chi connectivity index (χ2v) is 8.55. The first-order valence-corrected chi connectivity index (χ1v) is 11.4. The Bertz CT molecular complexity index is 581. The van der Waals surface area contributed by atoms with Gasteiger partial charge in [0.1, 0.15) is 5.82 Å². The molecule has 0 spiro atoms. The number of benzene rings is 1. The quantitative estimate of drug-likeness (QED) is 0.310. The van der Waals surface area contributed by atoms with Crippen LogP contribution in [-0.4, -0.2) is 0 Å². The minimum atomic E-state index is -1.86. The van der Waals surface area contributed by atoms with E-state index in [4.69, 9.17) is 0 Å². The summed E-state index contributed by atoms with van der Waals surface area (Å²) in [4.78, 5) is 0. The first-order valence-electron chi connectivity index (χ1n) is 11.4. The van der Waals surface area contributed by atoms with Gasteiger partial charge in [-0.25, -0.2) is 4.39 Å². The van der Waals surface area contributed by atoms with E-state index < -0.39 is 11.9 Å². The maximum Gasteiger partial charge on any atom is 0.271 e. The zero-order chi connectivity index (χ0) is 20.2. The van der Waals surface area contributed by atoms with Crippen LogP contribution in [0.3, 0.4) is 0 Å². The maximum absolute atomic E-state index is 14.0. The van der Waals surface area contributed by atoms with Gasteiger partial charge in [0.15, 0.2) is 0 Å². The lowest BCUT2D eigenvalue weighted by Gasteiger charge is -2.29. The van der Waals surface area contributed by atoms with Crippen LogP contribution in [-0.2, 0) is 0 Å². The van der Waals surface area contributed by atoms with Gasteiger partial charge in [-0.15, -0.1) is 0 Å². The van der Waals surface area contributed by atoms with Gasteiger partial charge < -0.3 is 0 Å². The van der Waals surface area contributed by atoms with Crippen LogP contribution in [0.25, 0.3) is 6.08 Å². The Morgan fingerprint density at radius 1 is 0.893 bits per heavy atom. The SMILES string of the molecule is CCCCCCCCCCC[C@H]1CC[C@H](c2ccc(C=C(F)F)c(F)c2)CC1. The van der Waals surface area contributed by atoms with Gasteiger partial charge in [-0.2, -0.15) is 8.78 Å². The van der Waals surface area contributed by atoms with Crippen molar-refractivity contribution in [3.63, 3.8) is 0 Å². The van der Waals surface area contributed by atoms with Gasteiger partial charge in [-0.05, 0) is 49.1 Å². The van der Waals surface area contributed by atoms with Crippen molar-refractivity contribution in [1.29, 1.82) is 0 Å². The molecule has 158 valence electrons. The molecule has 0 N–H and O–H groups in total. The van der Waals surface area contributed by atoms with Crippen molar-refractivity contribution in [2.75, 3.05) is 0 Å². The third-order valence-corrected chi connectivity index (χ3v) is 6.32. The zero-order valence-electron chi connectivity index (χ0n) is 17.5. The van der Waals surface area contributed by atoms with Crippen molar-refractivity contribution in [1.82, 2.24) is 0 Å². The van der Waals surface area contributed by atoms with Crippen LogP contribution < -0.4 is 0 Å². The molecule has 3 heteroatoms. The summed E-state index contributed by atoms with van der Waals surface area (Å²) >= 11 is 0. The summed E-state index contributed by atoms with van der Waals surface area (Å²) in [6, 6.07) is 4.77. The summed E-state index contributed by atoms with van der Waals surface area (Å²) in [5.74, 6) is 0.651. The maximum atomic E-state index is 14.0. The first kappa shape index (κ1) is 23.0. The highest BCUT2D eigenvalue weighted by Crippen LogP contribution is 2.38. The van der Waals surface area contributed by atoms with E-state index >= 15 is 0 Å². The Balaban J connectivity index is 1.61. The summed E-state index contributed by atoms with van der Waals surface area (Å²) in [5, 5.41) is 0. The lowest BCUT2D eigenvalue weighted by Crippen LogP contribution is -2.13. The second-order valence-electron chi connectivity index (χ2n) is 8.55. The molecule has 2 rings (SSSR count). The molecule has 1 aliphatic carbocycles. The lowest BCUT2D eigenvalue weighted by atomic mass is 9.77. The molecule has 1 aromatic rings.